The van der Waals surface area contributed by atoms with Crippen LogP contribution in [0.15, 0.2) is 36.9 Å². The van der Waals surface area contributed by atoms with Gasteiger partial charge in [-0.1, -0.05) is 11.8 Å². The second-order valence-electron chi connectivity index (χ2n) is 7.44. The zero-order valence-electron chi connectivity index (χ0n) is 18.3. The molecular weight excluding hydrogens is 478 g/mol. The van der Waals surface area contributed by atoms with Crippen LogP contribution in [0, 0.1) is 25.2 Å². The van der Waals surface area contributed by atoms with Crippen LogP contribution in [-0.2, 0) is 4.79 Å². The molecule has 13 heteroatoms. The number of aromatic nitrogens is 4. The fourth-order valence-corrected chi connectivity index (χ4v) is 5.08. The topological polar surface area (TPSA) is 138 Å². The van der Waals surface area contributed by atoms with Crippen LogP contribution >= 0.6 is 23.1 Å². The summed E-state index contributed by atoms with van der Waals surface area (Å²) < 4.78 is 16.8. The monoisotopic (exact) mass is 497 g/mol. The molecule has 11 nitrogen and oxygen atoms in total. The molecule has 0 saturated carbocycles. The number of thioether (sulfide) groups is 1. The summed E-state index contributed by atoms with van der Waals surface area (Å²) in [5, 5.41) is 18.9. The number of piperazine rings is 1. The van der Waals surface area contributed by atoms with Gasteiger partial charge in [-0.3, -0.25) is 4.79 Å². The van der Waals surface area contributed by atoms with Crippen molar-refractivity contribution in [1.82, 2.24) is 25.1 Å². The first-order valence-electron chi connectivity index (χ1n) is 10.4. The standard InChI is InChI=1S/C21H19N7O4S2/c1-12-17(34-13(2)23-12)19-25-26-21(32-19)33-11-16(29)27-5-7-28(8-6-27)20-14(10-22)24-18(31-20)15-4-3-9-30-15/h3-4,9H,5-8,11H2,1-2H3. The Bertz CT molecular complexity index is 1340. The lowest BCUT2D eigenvalue weighted by Gasteiger charge is -2.34. The molecule has 0 N–H and O–H groups in total. The second kappa shape index (κ2) is 9.32. The number of hydrogen-bond acceptors (Lipinski definition) is 12. The van der Waals surface area contributed by atoms with Crippen molar-refractivity contribution in [3.8, 4) is 28.5 Å². The number of thiazole rings is 1. The summed E-state index contributed by atoms with van der Waals surface area (Å²) in [6.45, 7) is 5.85. The van der Waals surface area contributed by atoms with Gasteiger partial charge in [0.05, 0.1) is 22.7 Å². The van der Waals surface area contributed by atoms with Crippen LogP contribution in [-0.4, -0.2) is 62.9 Å². The fraction of sp³-hybridized carbons (Fsp3) is 0.333. The van der Waals surface area contributed by atoms with Gasteiger partial charge < -0.3 is 23.1 Å². The van der Waals surface area contributed by atoms with Crippen LogP contribution in [0.3, 0.4) is 0 Å². The Balaban J connectivity index is 1.16. The average molecular weight is 498 g/mol. The van der Waals surface area contributed by atoms with Gasteiger partial charge in [-0.05, 0) is 26.0 Å². The highest BCUT2D eigenvalue weighted by Crippen LogP contribution is 2.31. The Morgan fingerprint density at radius 1 is 1.18 bits per heavy atom. The predicted octanol–water partition coefficient (Wildman–Crippen LogP) is 3.37. The molecular formula is C21H19N7O4S2. The van der Waals surface area contributed by atoms with Crippen LogP contribution in [0.2, 0.25) is 0 Å². The van der Waals surface area contributed by atoms with E-state index in [0.29, 0.717) is 48.9 Å². The van der Waals surface area contributed by atoms with Gasteiger partial charge in [0.1, 0.15) is 10.9 Å². The molecule has 34 heavy (non-hydrogen) atoms. The van der Waals surface area contributed by atoms with Gasteiger partial charge in [-0.25, -0.2) is 4.98 Å². The van der Waals surface area contributed by atoms with Crippen molar-refractivity contribution >= 4 is 34.9 Å². The summed E-state index contributed by atoms with van der Waals surface area (Å²) in [6, 6.07) is 5.51. The van der Waals surface area contributed by atoms with E-state index in [1.54, 1.807) is 17.0 Å². The normalized spacial score (nSPS) is 13.9. The molecule has 0 unspecified atom stereocenters. The summed E-state index contributed by atoms with van der Waals surface area (Å²) in [6.07, 6.45) is 1.52. The Hall–Kier alpha value is -3.63. The van der Waals surface area contributed by atoms with Crippen molar-refractivity contribution in [2.24, 2.45) is 0 Å². The maximum absolute atomic E-state index is 12.7. The van der Waals surface area contributed by atoms with E-state index in [2.05, 4.69) is 26.2 Å². The van der Waals surface area contributed by atoms with E-state index in [1.165, 1.54) is 29.4 Å². The predicted molar refractivity (Wildman–Crippen MR) is 123 cm³/mol. The van der Waals surface area contributed by atoms with Crippen molar-refractivity contribution in [3.63, 3.8) is 0 Å². The number of carbonyl (C=O) groups is 1. The molecule has 1 amide bonds. The van der Waals surface area contributed by atoms with Crippen LogP contribution in [0.1, 0.15) is 16.4 Å². The second-order valence-corrected chi connectivity index (χ2v) is 9.57. The van der Waals surface area contributed by atoms with Gasteiger partial charge in [-0.2, -0.15) is 10.2 Å². The van der Waals surface area contributed by atoms with Crippen LogP contribution in [0.25, 0.3) is 22.4 Å². The lowest BCUT2D eigenvalue weighted by Crippen LogP contribution is -2.49. The molecule has 0 atom stereocenters. The van der Waals surface area contributed by atoms with E-state index >= 15 is 0 Å². The molecule has 0 radical (unpaired) electrons. The molecule has 5 rings (SSSR count). The first-order valence-corrected chi connectivity index (χ1v) is 12.2. The minimum absolute atomic E-state index is 0.0245. The highest BCUT2D eigenvalue weighted by Gasteiger charge is 2.27. The third-order valence-corrected chi connectivity index (χ3v) is 7.05. The molecule has 0 aliphatic carbocycles. The molecule has 0 aromatic carbocycles. The lowest BCUT2D eigenvalue weighted by molar-refractivity contribution is -0.128. The van der Waals surface area contributed by atoms with Gasteiger partial charge in [0.2, 0.25) is 17.5 Å². The fourth-order valence-electron chi connectivity index (χ4n) is 3.57. The number of hydrogen-bond donors (Lipinski definition) is 0. The largest absolute Gasteiger partial charge is 0.459 e. The first-order chi connectivity index (χ1) is 16.5. The third-order valence-electron chi connectivity index (χ3n) is 5.19. The van der Waals surface area contributed by atoms with Crippen LogP contribution < -0.4 is 4.90 Å². The molecule has 1 aliphatic heterocycles. The number of nitriles is 1. The molecule has 1 aliphatic rings. The molecule has 1 saturated heterocycles. The molecule has 4 aromatic rings. The minimum Gasteiger partial charge on any atom is -0.459 e. The van der Waals surface area contributed by atoms with Gasteiger partial charge in [0.15, 0.2) is 5.76 Å². The molecule has 0 bridgehead atoms. The van der Waals surface area contributed by atoms with Crippen molar-refractivity contribution in [1.29, 1.82) is 5.26 Å². The zero-order chi connectivity index (χ0) is 23.7. The molecule has 174 valence electrons. The number of aryl methyl sites for hydroxylation is 2. The van der Waals surface area contributed by atoms with Crippen LogP contribution in [0.5, 0.6) is 0 Å². The first kappa shape index (κ1) is 22.2. The molecule has 4 aromatic heterocycles. The quantitative estimate of drug-likeness (QED) is 0.362. The Labute approximate surface area is 202 Å². The highest BCUT2D eigenvalue weighted by atomic mass is 32.2. The maximum atomic E-state index is 12.7. The van der Waals surface area contributed by atoms with Gasteiger partial charge in [0.25, 0.3) is 17.0 Å². The maximum Gasteiger partial charge on any atom is 0.277 e. The number of oxazole rings is 1. The van der Waals surface area contributed by atoms with E-state index in [4.69, 9.17) is 13.3 Å². The summed E-state index contributed by atoms with van der Waals surface area (Å²) in [5.74, 6) is 1.69. The van der Waals surface area contributed by atoms with Crippen molar-refractivity contribution in [3.05, 3.63) is 34.8 Å². The van der Waals surface area contributed by atoms with E-state index in [-0.39, 0.29) is 23.2 Å². The van der Waals surface area contributed by atoms with Crippen molar-refractivity contribution < 1.29 is 18.0 Å². The van der Waals surface area contributed by atoms with Gasteiger partial charge in [-0.15, -0.1) is 21.5 Å². The Morgan fingerprint density at radius 3 is 2.68 bits per heavy atom. The molecule has 1 fully saturated rings. The van der Waals surface area contributed by atoms with Gasteiger partial charge in [0, 0.05) is 26.2 Å². The number of carbonyl (C=O) groups excluding carboxylic acids is 1. The van der Waals surface area contributed by atoms with E-state index in [9.17, 15) is 10.1 Å². The SMILES string of the molecule is Cc1nc(C)c(-c2nnc(SCC(=O)N3CCN(c4oc(-c5ccco5)nc4C#N)CC3)o2)s1. The van der Waals surface area contributed by atoms with Crippen molar-refractivity contribution in [2.75, 3.05) is 36.8 Å². The van der Waals surface area contributed by atoms with E-state index < -0.39 is 0 Å². The molecule has 0 spiro atoms. The van der Waals surface area contributed by atoms with Gasteiger partial charge >= 0.3 is 0 Å². The summed E-state index contributed by atoms with van der Waals surface area (Å²) in [7, 11) is 0. The summed E-state index contributed by atoms with van der Waals surface area (Å²) >= 11 is 2.71. The van der Waals surface area contributed by atoms with E-state index in [1.807, 2.05) is 18.7 Å². The lowest BCUT2D eigenvalue weighted by atomic mass is 10.3. The summed E-state index contributed by atoms with van der Waals surface area (Å²) in [5.41, 5.74) is 1.04. The van der Waals surface area contributed by atoms with Crippen LogP contribution in [0.4, 0.5) is 5.88 Å². The number of amides is 1. The van der Waals surface area contributed by atoms with Crippen molar-refractivity contribution in [2.45, 2.75) is 19.1 Å². The summed E-state index contributed by atoms with van der Waals surface area (Å²) in [4.78, 5) is 25.8. The number of nitrogens with zero attached hydrogens (tertiary/aromatic N) is 7. The minimum atomic E-state index is -0.0245. The third kappa shape index (κ3) is 4.42. The number of furan rings is 1. The number of rotatable bonds is 6. The number of anilines is 1. The van der Waals surface area contributed by atoms with E-state index in [0.717, 1.165) is 15.6 Å². The Kier molecular flexibility index (Phi) is 6.08. The average Bonchev–Trinajstić information content (AvgIpc) is 3.64. The highest BCUT2D eigenvalue weighted by molar-refractivity contribution is 7.99. The molecule has 5 heterocycles. The Morgan fingerprint density at radius 2 is 2.00 bits per heavy atom. The smallest absolute Gasteiger partial charge is 0.277 e. The zero-order valence-corrected chi connectivity index (χ0v) is 20.0.